The number of aliphatic hydroxyl groups excluding tert-OH is 1. The maximum absolute atomic E-state index is 9.48. The fourth-order valence-corrected chi connectivity index (χ4v) is 1.88. The molecule has 0 spiro atoms. The van der Waals surface area contributed by atoms with Crippen LogP contribution in [0.25, 0.3) is 0 Å². The van der Waals surface area contributed by atoms with Gasteiger partial charge < -0.3 is 5.11 Å². The number of nitriles is 1. The maximum Gasteiger partial charge on any atom is 0.0672 e. The molecule has 0 aliphatic carbocycles. The Morgan fingerprint density at radius 1 is 1.57 bits per heavy atom. The molecule has 1 fully saturated rings. The van der Waals surface area contributed by atoms with Crippen LogP contribution in [-0.4, -0.2) is 35.7 Å². The van der Waals surface area contributed by atoms with Crippen molar-refractivity contribution in [1.29, 1.82) is 5.26 Å². The minimum absolute atomic E-state index is 0.0975. The molecule has 0 bridgehead atoms. The van der Waals surface area contributed by atoms with Crippen LogP contribution in [0, 0.1) is 23.2 Å². The summed E-state index contributed by atoms with van der Waals surface area (Å²) >= 11 is 0. The second kappa shape index (κ2) is 5.33. The summed E-state index contributed by atoms with van der Waals surface area (Å²) in [5, 5.41) is 18.4. The number of piperidine rings is 1. The van der Waals surface area contributed by atoms with E-state index in [4.69, 9.17) is 5.26 Å². The standard InChI is InChI=1S/C11H20N2O/c1-9(2)10(6-12)7-13-5-3-4-11(14)8-13/h9-11,14H,3-5,7-8H2,1-2H3. The Morgan fingerprint density at radius 2 is 2.29 bits per heavy atom. The highest BCUT2D eigenvalue weighted by molar-refractivity contribution is 4.88. The predicted octanol–water partition coefficient (Wildman–Crippen LogP) is 1.24. The van der Waals surface area contributed by atoms with Crippen molar-refractivity contribution in [2.24, 2.45) is 11.8 Å². The second-order valence-corrected chi connectivity index (χ2v) is 4.54. The van der Waals surface area contributed by atoms with E-state index in [1.807, 2.05) is 0 Å². The third kappa shape index (κ3) is 3.28. The van der Waals surface area contributed by atoms with Crippen molar-refractivity contribution in [2.75, 3.05) is 19.6 Å². The molecule has 0 aromatic carbocycles. The monoisotopic (exact) mass is 196 g/mol. The number of rotatable bonds is 3. The van der Waals surface area contributed by atoms with E-state index in [9.17, 15) is 5.11 Å². The van der Waals surface area contributed by atoms with Gasteiger partial charge in [0.2, 0.25) is 0 Å². The van der Waals surface area contributed by atoms with E-state index in [-0.39, 0.29) is 12.0 Å². The number of likely N-dealkylation sites (tertiary alicyclic amines) is 1. The Balaban J connectivity index is 2.38. The molecule has 1 saturated heterocycles. The van der Waals surface area contributed by atoms with Gasteiger partial charge in [0.15, 0.2) is 0 Å². The Kier molecular flexibility index (Phi) is 4.37. The zero-order chi connectivity index (χ0) is 10.6. The highest BCUT2D eigenvalue weighted by Gasteiger charge is 2.22. The van der Waals surface area contributed by atoms with Crippen LogP contribution in [0.5, 0.6) is 0 Å². The molecule has 1 aliphatic rings. The van der Waals surface area contributed by atoms with Crippen molar-refractivity contribution in [3.63, 3.8) is 0 Å². The summed E-state index contributed by atoms with van der Waals surface area (Å²) < 4.78 is 0. The van der Waals surface area contributed by atoms with Gasteiger partial charge in [-0.05, 0) is 25.3 Å². The lowest BCUT2D eigenvalue weighted by Crippen LogP contribution is -2.41. The third-order valence-corrected chi connectivity index (χ3v) is 2.91. The molecule has 80 valence electrons. The molecule has 1 heterocycles. The van der Waals surface area contributed by atoms with Gasteiger partial charge in [-0.15, -0.1) is 0 Å². The molecule has 2 unspecified atom stereocenters. The smallest absolute Gasteiger partial charge is 0.0672 e. The number of β-amino-alcohol motifs (C(OH)–C–C–N with tert-alkyl or cyclic N) is 1. The van der Waals surface area contributed by atoms with Crippen molar-refractivity contribution >= 4 is 0 Å². The van der Waals surface area contributed by atoms with Crippen molar-refractivity contribution in [3.8, 4) is 6.07 Å². The van der Waals surface area contributed by atoms with Gasteiger partial charge in [-0.2, -0.15) is 5.26 Å². The molecule has 14 heavy (non-hydrogen) atoms. The molecule has 0 aromatic heterocycles. The van der Waals surface area contributed by atoms with Crippen LogP contribution in [0.1, 0.15) is 26.7 Å². The van der Waals surface area contributed by atoms with E-state index < -0.39 is 0 Å². The Morgan fingerprint density at radius 3 is 2.79 bits per heavy atom. The molecule has 2 atom stereocenters. The first-order valence-electron chi connectivity index (χ1n) is 5.43. The molecule has 1 aliphatic heterocycles. The molecule has 0 aromatic rings. The van der Waals surface area contributed by atoms with Crippen LogP contribution in [-0.2, 0) is 0 Å². The molecule has 0 radical (unpaired) electrons. The van der Waals surface area contributed by atoms with Gasteiger partial charge in [-0.3, -0.25) is 4.90 Å². The van der Waals surface area contributed by atoms with Crippen LogP contribution in [0.4, 0.5) is 0 Å². The normalized spacial score (nSPS) is 26.1. The van der Waals surface area contributed by atoms with Crippen molar-refractivity contribution in [3.05, 3.63) is 0 Å². The molecular weight excluding hydrogens is 176 g/mol. The summed E-state index contributed by atoms with van der Waals surface area (Å²) in [6, 6.07) is 2.34. The van der Waals surface area contributed by atoms with E-state index >= 15 is 0 Å². The van der Waals surface area contributed by atoms with Crippen LogP contribution < -0.4 is 0 Å². The highest BCUT2D eigenvalue weighted by Crippen LogP contribution is 2.16. The molecule has 3 heteroatoms. The SMILES string of the molecule is CC(C)C(C#N)CN1CCCC(O)C1. The Bertz CT molecular complexity index is 210. The fraction of sp³-hybridized carbons (Fsp3) is 0.909. The number of hydrogen-bond donors (Lipinski definition) is 1. The summed E-state index contributed by atoms with van der Waals surface area (Å²) in [5.74, 6) is 0.499. The number of hydrogen-bond acceptors (Lipinski definition) is 3. The van der Waals surface area contributed by atoms with Crippen molar-refractivity contribution in [1.82, 2.24) is 4.90 Å². The molecule has 0 saturated carbocycles. The molecule has 1 N–H and O–H groups in total. The largest absolute Gasteiger partial charge is 0.392 e. The molecule has 1 rings (SSSR count). The Labute approximate surface area is 86.3 Å². The number of nitrogens with zero attached hydrogens (tertiary/aromatic N) is 2. The van der Waals surface area contributed by atoms with Gasteiger partial charge in [0.25, 0.3) is 0 Å². The van der Waals surface area contributed by atoms with Gasteiger partial charge in [0, 0.05) is 13.1 Å². The van der Waals surface area contributed by atoms with E-state index in [2.05, 4.69) is 24.8 Å². The summed E-state index contributed by atoms with van der Waals surface area (Å²) in [6.07, 6.45) is 1.78. The summed E-state index contributed by atoms with van der Waals surface area (Å²) in [6.45, 7) is 6.74. The predicted molar refractivity (Wildman–Crippen MR) is 55.6 cm³/mol. The lowest BCUT2D eigenvalue weighted by atomic mass is 9.96. The minimum atomic E-state index is -0.185. The summed E-state index contributed by atoms with van der Waals surface area (Å²) in [5.41, 5.74) is 0. The van der Waals surface area contributed by atoms with Crippen LogP contribution >= 0.6 is 0 Å². The Hall–Kier alpha value is -0.590. The zero-order valence-electron chi connectivity index (χ0n) is 9.11. The molecule has 3 nitrogen and oxygen atoms in total. The first-order valence-corrected chi connectivity index (χ1v) is 5.43. The molecular formula is C11H20N2O. The summed E-state index contributed by atoms with van der Waals surface area (Å²) in [4.78, 5) is 2.21. The number of aliphatic hydroxyl groups is 1. The average molecular weight is 196 g/mol. The molecule has 0 amide bonds. The second-order valence-electron chi connectivity index (χ2n) is 4.54. The lowest BCUT2D eigenvalue weighted by Gasteiger charge is -2.32. The minimum Gasteiger partial charge on any atom is -0.392 e. The maximum atomic E-state index is 9.48. The first-order chi connectivity index (χ1) is 6.63. The van der Waals surface area contributed by atoms with Crippen molar-refractivity contribution < 1.29 is 5.11 Å². The van der Waals surface area contributed by atoms with E-state index in [1.165, 1.54) is 0 Å². The van der Waals surface area contributed by atoms with E-state index in [0.717, 1.165) is 32.5 Å². The van der Waals surface area contributed by atoms with E-state index in [1.54, 1.807) is 0 Å². The summed E-state index contributed by atoms with van der Waals surface area (Å²) in [7, 11) is 0. The van der Waals surface area contributed by atoms with Crippen LogP contribution in [0.15, 0.2) is 0 Å². The highest BCUT2D eigenvalue weighted by atomic mass is 16.3. The van der Waals surface area contributed by atoms with Crippen LogP contribution in [0.3, 0.4) is 0 Å². The van der Waals surface area contributed by atoms with Gasteiger partial charge >= 0.3 is 0 Å². The zero-order valence-corrected chi connectivity index (χ0v) is 9.11. The lowest BCUT2D eigenvalue weighted by molar-refractivity contribution is 0.0627. The average Bonchev–Trinajstić information content (AvgIpc) is 2.14. The topological polar surface area (TPSA) is 47.3 Å². The van der Waals surface area contributed by atoms with Gasteiger partial charge in [0.1, 0.15) is 0 Å². The third-order valence-electron chi connectivity index (χ3n) is 2.91. The van der Waals surface area contributed by atoms with E-state index in [0.29, 0.717) is 5.92 Å². The van der Waals surface area contributed by atoms with Gasteiger partial charge in [0.05, 0.1) is 18.1 Å². The first kappa shape index (κ1) is 11.5. The fourth-order valence-electron chi connectivity index (χ4n) is 1.88. The van der Waals surface area contributed by atoms with Gasteiger partial charge in [-0.1, -0.05) is 13.8 Å². The van der Waals surface area contributed by atoms with Crippen LogP contribution in [0.2, 0.25) is 0 Å². The van der Waals surface area contributed by atoms with Gasteiger partial charge in [-0.25, -0.2) is 0 Å². The quantitative estimate of drug-likeness (QED) is 0.738. The van der Waals surface area contributed by atoms with Crippen molar-refractivity contribution in [2.45, 2.75) is 32.8 Å².